The van der Waals surface area contributed by atoms with Crippen molar-refractivity contribution in [3.63, 3.8) is 0 Å². The molecule has 1 nitrogen and oxygen atoms in total. The van der Waals surface area contributed by atoms with Gasteiger partial charge in [-0.3, -0.25) is 0 Å². The predicted molar refractivity (Wildman–Crippen MR) is 78.6 cm³/mol. The lowest BCUT2D eigenvalue weighted by atomic mass is 9.87. The summed E-state index contributed by atoms with van der Waals surface area (Å²) in [5.74, 6) is 2.37. The zero-order chi connectivity index (χ0) is 13.1. The Labute approximate surface area is 115 Å². The number of hydrogen-bond donors (Lipinski definition) is 0. The molecule has 2 aromatic carbocycles. The van der Waals surface area contributed by atoms with Crippen molar-refractivity contribution >= 4 is 0 Å². The van der Waals surface area contributed by atoms with E-state index >= 15 is 0 Å². The van der Waals surface area contributed by atoms with Crippen molar-refractivity contribution in [2.75, 3.05) is 7.11 Å². The molecule has 0 N–H and O–H groups in total. The summed E-state index contributed by atoms with van der Waals surface area (Å²) >= 11 is 0. The van der Waals surface area contributed by atoms with Gasteiger partial charge in [0.25, 0.3) is 0 Å². The molecule has 2 aromatic rings. The molecule has 0 amide bonds. The fourth-order valence-corrected chi connectivity index (χ4v) is 2.70. The Hall–Kier alpha value is -1.76. The van der Waals surface area contributed by atoms with Crippen LogP contribution in [0.2, 0.25) is 0 Å². The maximum absolute atomic E-state index is 5.36. The van der Waals surface area contributed by atoms with Gasteiger partial charge in [0.15, 0.2) is 0 Å². The van der Waals surface area contributed by atoms with Gasteiger partial charge in [0, 0.05) is 5.92 Å². The minimum atomic E-state index is 0.504. The van der Waals surface area contributed by atoms with Crippen LogP contribution < -0.4 is 4.74 Å². The summed E-state index contributed by atoms with van der Waals surface area (Å²) in [5, 5.41) is 0. The molecule has 1 aliphatic rings. The fraction of sp³-hybridized carbons (Fsp3) is 0.333. The molecule has 1 aliphatic carbocycles. The SMILES string of the molecule is COc1cccc(C(CC2CC2)c2ccccc2)c1. The van der Waals surface area contributed by atoms with Gasteiger partial charge in [0.1, 0.15) is 5.75 Å². The molecule has 1 unspecified atom stereocenters. The zero-order valence-corrected chi connectivity index (χ0v) is 11.4. The lowest BCUT2D eigenvalue weighted by molar-refractivity contribution is 0.414. The molecule has 3 rings (SSSR count). The molecule has 0 radical (unpaired) electrons. The van der Waals surface area contributed by atoms with Crippen LogP contribution in [-0.4, -0.2) is 7.11 Å². The van der Waals surface area contributed by atoms with Gasteiger partial charge in [-0.1, -0.05) is 55.3 Å². The molecule has 1 fully saturated rings. The molecule has 1 saturated carbocycles. The third-order valence-corrected chi connectivity index (χ3v) is 3.96. The Morgan fingerprint density at radius 3 is 2.42 bits per heavy atom. The first-order chi connectivity index (χ1) is 9.36. The highest BCUT2D eigenvalue weighted by molar-refractivity contribution is 5.37. The summed E-state index contributed by atoms with van der Waals surface area (Å²) in [5.41, 5.74) is 2.79. The van der Waals surface area contributed by atoms with E-state index in [0.717, 1.165) is 11.7 Å². The smallest absolute Gasteiger partial charge is 0.119 e. The standard InChI is InChI=1S/C18H20O/c1-19-17-9-5-8-16(13-17)18(12-14-10-11-14)15-6-3-2-4-7-15/h2-9,13-14,18H,10-12H2,1H3. The predicted octanol–water partition coefficient (Wildman–Crippen LogP) is 4.63. The van der Waals surface area contributed by atoms with Gasteiger partial charge >= 0.3 is 0 Å². The van der Waals surface area contributed by atoms with E-state index in [-0.39, 0.29) is 0 Å². The first-order valence-corrected chi connectivity index (χ1v) is 7.05. The van der Waals surface area contributed by atoms with Crippen LogP contribution in [0.1, 0.15) is 36.3 Å². The normalized spacial score (nSPS) is 16.1. The van der Waals surface area contributed by atoms with Crippen LogP contribution in [0.4, 0.5) is 0 Å². The van der Waals surface area contributed by atoms with Gasteiger partial charge in [-0.25, -0.2) is 0 Å². The van der Waals surface area contributed by atoms with Crippen molar-refractivity contribution in [2.24, 2.45) is 5.92 Å². The third kappa shape index (κ3) is 2.98. The molecule has 0 heterocycles. The van der Waals surface area contributed by atoms with E-state index in [1.807, 2.05) is 6.07 Å². The van der Waals surface area contributed by atoms with Gasteiger partial charge in [-0.2, -0.15) is 0 Å². The van der Waals surface area contributed by atoms with Crippen LogP contribution in [0.15, 0.2) is 54.6 Å². The van der Waals surface area contributed by atoms with Gasteiger partial charge < -0.3 is 4.74 Å². The first-order valence-electron chi connectivity index (χ1n) is 7.05. The van der Waals surface area contributed by atoms with Crippen molar-refractivity contribution in [1.82, 2.24) is 0 Å². The molecule has 0 saturated heterocycles. The average molecular weight is 252 g/mol. The number of hydrogen-bond acceptors (Lipinski definition) is 1. The Kier molecular flexibility index (Phi) is 3.54. The van der Waals surface area contributed by atoms with Crippen LogP contribution in [-0.2, 0) is 0 Å². The summed E-state index contributed by atoms with van der Waals surface area (Å²) in [6.45, 7) is 0. The van der Waals surface area contributed by atoms with Crippen molar-refractivity contribution in [1.29, 1.82) is 0 Å². The van der Waals surface area contributed by atoms with Gasteiger partial charge in [-0.15, -0.1) is 0 Å². The van der Waals surface area contributed by atoms with Crippen LogP contribution >= 0.6 is 0 Å². The highest BCUT2D eigenvalue weighted by Crippen LogP contribution is 2.41. The summed E-state index contributed by atoms with van der Waals surface area (Å²) in [7, 11) is 1.73. The monoisotopic (exact) mass is 252 g/mol. The minimum Gasteiger partial charge on any atom is -0.497 e. The molecule has 0 aromatic heterocycles. The van der Waals surface area contributed by atoms with Gasteiger partial charge in [0.05, 0.1) is 7.11 Å². The Morgan fingerprint density at radius 2 is 1.74 bits per heavy atom. The molecule has 0 aliphatic heterocycles. The lowest BCUT2D eigenvalue weighted by Gasteiger charge is -2.18. The third-order valence-electron chi connectivity index (χ3n) is 3.96. The lowest BCUT2D eigenvalue weighted by Crippen LogP contribution is -2.02. The highest BCUT2D eigenvalue weighted by Gasteiger charge is 2.27. The topological polar surface area (TPSA) is 9.23 Å². The second kappa shape index (κ2) is 5.48. The number of rotatable bonds is 5. The van der Waals surface area contributed by atoms with E-state index in [1.165, 1.54) is 30.4 Å². The second-order valence-electron chi connectivity index (χ2n) is 5.42. The highest BCUT2D eigenvalue weighted by atomic mass is 16.5. The van der Waals surface area contributed by atoms with E-state index in [2.05, 4.69) is 48.5 Å². The van der Waals surface area contributed by atoms with Gasteiger partial charge in [-0.05, 0) is 35.6 Å². The van der Waals surface area contributed by atoms with Crippen LogP contribution in [0, 0.1) is 5.92 Å². The molecule has 0 bridgehead atoms. The van der Waals surface area contributed by atoms with Crippen molar-refractivity contribution in [3.05, 3.63) is 65.7 Å². The van der Waals surface area contributed by atoms with Crippen LogP contribution in [0.3, 0.4) is 0 Å². The summed E-state index contributed by atoms with van der Waals surface area (Å²) in [4.78, 5) is 0. The molecule has 0 spiro atoms. The first kappa shape index (κ1) is 12.3. The van der Waals surface area contributed by atoms with Crippen LogP contribution in [0.25, 0.3) is 0 Å². The fourth-order valence-electron chi connectivity index (χ4n) is 2.70. The van der Waals surface area contributed by atoms with E-state index in [4.69, 9.17) is 4.74 Å². The Morgan fingerprint density at radius 1 is 1.00 bits per heavy atom. The molecular formula is C18H20O. The van der Waals surface area contributed by atoms with Gasteiger partial charge in [0.2, 0.25) is 0 Å². The van der Waals surface area contributed by atoms with E-state index < -0.39 is 0 Å². The molecule has 98 valence electrons. The zero-order valence-electron chi connectivity index (χ0n) is 11.4. The molecular weight excluding hydrogens is 232 g/mol. The summed E-state index contributed by atoms with van der Waals surface area (Å²) in [6, 6.07) is 19.4. The summed E-state index contributed by atoms with van der Waals surface area (Å²) < 4.78 is 5.36. The van der Waals surface area contributed by atoms with Crippen molar-refractivity contribution < 1.29 is 4.74 Å². The summed E-state index contributed by atoms with van der Waals surface area (Å²) in [6.07, 6.45) is 4.05. The van der Waals surface area contributed by atoms with Crippen LogP contribution in [0.5, 0.6) is 5.75 Å². The Bertz CT molecular complexity index is 528. The number of ether oxygens (including phenoxy) is 1. The van der Waals surface area contributed by atoms with Crippen molar-refractivity contribution in [3.8, 4) is 5.75 Å². The maximum Gasteiger partial charge on any atom is 0.119 e. The minimum absolute atomic E-state index is 0.504. The van der Waals surface area contributed by atoms with Crippen molar-refractivity contribution in [2.45, 2.75) is 25.2 Å². The van der Waals surface area contributed by atoms with E-state index in [9.17, 15) is 0 Å². The molecule has 1 atom stereocenters. The average Bonchev–Trinajstić information content (AvgIpc) is 3.30. The quantitative estimate of drug-likeness (QED) is 0.754. The maximum atomic E-state index is 5.36. The second-order valence-corrected chi connectivity index (χ2v) is 5.42. The number of benzene rings is 2. The van der Waals surface area contributed by atoms with E-state index in [1.54, 1.807) is 7.11 Å². The number of methoxy groups -OCH3 is 1. The molecule has 19 heavy (non-hydrogen) atoms. The van der Waals surface area contributed by atoms with E-state index in [0.29, 0.717) is 5.92 Å². The largest absolute Gasteiger partial charge is 0.497 e. The molecule has 1 heteroatoms. The Balaban J connectivity index is 1.93.